The van der Waals surface area contributed by atoms with Gasteiger partial charge in [-0.2, -0.15) is 0 Å². The van der Waals surface area contributed by atoms with Crippen molar-refractivity contribution < 1.29 is 28.3 Å². The van der Waals surface area contributed by atoms with Crippen molar-refractivity contribution in [3.63, 3.8) is 0 Å². The Labute approximate surface area is 161 Å². The number of H-pyrrole nitrogens is 1. The first-order valence-corrected chi connectivity index (χ1v) is 8.56. The van der Waals surface area contributed by atoms with E-state index in [0.717, 1.165) is 0 Å². The summed E-state index contributed by atoms with van der Waals surface area (Å²) in [5, 5.41) is 4.99. The van der Waals surface area contributed by atoms with Crippen LogP contribution in [0.2, 0.25) is 0 Å². The highest BCUT2D eigenvalue weighted by Crippen LogP contribution is 2.23. The molecule has 0 fully saturated rings. The zero-order valence-corrected chi connectivity index (χ0v) is 16.5. The van der Waals surface area contributed by atoms with Gasteiger partial charge in [-0.05, 0) is 45.0 Å². The maximum atomic E-state index is 12.2. The molecule has 28 heavy (non-hydrogen) atoms. The number of nitrogens with one attached hydrogen (secondary N) is 2. The number of carbonyl (C=O) groups is 2. The van der Waals surface area contributed by atoms with E-state index in [2.05, 4.69) is 10.5 Å². The number of benzene rings is 1. The van der Waals surface area contributed by atoms with E-state index in [1.807, 2.05) is 0 Å². The number of hydrogen-bond donors (Lipinski definition) is 2. The summed E-state index contributed by atoms with van der Waals surface area (Å²) < 4.78 is 19.9. The van der Waals surface area contributed by atoms with Crippen LogP contribution >= 0.6 is 0 Å². The lowest BCUT2D eigenvalue weighted by Gasteiger charge is -2.22. The van der Waals surface area contributed by atoms with Crippen LogP contribution in [0.5, 0.6) is 5.75 Å². The summed E-state index contributed by atoms with van der Waals surface area (Å²) in [5.74, 6) is -0.0673. The summed E-state index contributed by atoms with van der Waals surface area (Å²) in [7, 11) is 2.74. The average molecular weight is 392 g/mol. The molecule has 1 heterocycles. The summed E-state index contributed by atoms with van der Waals surface area (Å²) in [6, 6.07) is 5.79. The predicted octanol–water partition coefficient (Wildman–Crippen LogP) is 2.25. The fraction of sp³-hybridized carbons (Fsp3) is 0.421. The van der Waals surface area contributed by atoms with E-state index in [4.69, 9.17) is 18.7 Å². The molecule has 0 radical (unpaired) electrons. The number of aromatic nitrogens is 1. The first-order chi connectivity index (χ1) is 13.1. The van der Waals surface area contributed by atoms with Gasteiger partial charge in [0.05, 0.1) is 25.5 Å². The zero-order chi connectivity index (χ0) is 20.9. The summed E-state index contributed by atoms with van der Waals surface area (Å²) in [4.78, 5) is 36.4. The van der Waals surface area contributed by atoms with Crippen LogP contribution in [0.3, 0.4) is 0 Å². The van der Waals surface area contributed by atoms with Crippen LogP contribution < -0.4 is 15.7 Å². The maximum Gasteiger partial charge on any atom is 0.408 e. The van der Waals surface area contributed by atoms with E-state index >= 15 is 0 Å². The molecule has 152 valence electrons. The topological polar surface area (TPSA) is 120 Å². The van der Waals surface area contributed by atoms with Gasteiger partial charge in [-0.25, -0.2) is 19.5 Å². The molecule has 9 heteroatoms. The number of methoxy groups -OCH3 is 2. The molecule has 2 aromatic rings. The van der Waals surface area contributed by atoms with Crippen molar-refractivity contribution >= 4 is 12.1 Å². The van der Waals surface area contributed by atoms with Crippen LogP contribution in [-0.4, -0.2) is 43.1 Å². The molecule has 2 rings (SSSR count). The number of esters is 1. The smallest absolute Gasteiger partial charge is 0.408 e. The Kier molecular flexibility index (Phi) is 6.50. The number of amides is 1. The van der Waals surface area contributed by atoms with Crippen LogP contribution in [0.15, 0.2) is 33.6 Å². The predicted molar refractivity (Wildman–Crippen MR) is 100 cm³/mol. The second-order valence-electron chi connectivity index (χ2n) is 7.00. The molecule has 1 aromatic heterocycles. The van der Waals surface area contributed by atoms with Crippen LogP contribution in [0.1, 0.15) is 26.3 Å². The van der Waals surface area contributed by atoms with Crippen molar-refractivity contribution in [2.24, 2.45) is 0 Å². The third kappa shape index (κ3) is 5.38. The Balaban J connectivity index is 2.29. The average Bonchev–Trinajstić information content (AvgIpc) is 2.99. The van der Waals surface area contributed by atoms with E-state index in [-0.39, 0.29) is 12.0 Å². The minimum Gasteiger partial charge on any atom is -0.497 e. The summed E-state index contributed by atoms with van der Waals surface area (Å²) in [6.07, 6.45) is -0.937. The van der Waals surface area contributed by atoms with E-state index in [9.17, 15) is 14.4 Å². The molecular formula is C19H24N2O7. The molecule has 0 saturated carbocycles. The highest BCUT2D eigenvalue weighted by molar-refractivity contribution is 5.82. The molecule has 0 aliphatic heterocycles. The van der Waals surface area contributed by atoms with E-state index in [1.54, 1.807) is 52.1 Å². The Hall–Kier alpha value is -3.23. The molecule has 1 aromatic carbocycles. The third-order valence-electron chi connectivity index (χ3n) is 3.76. The van der Waals surface area contributed by atoms with Gasteiger partial charge < -0.3 is 24.1 Å². The van der Waals surface area contributed by atoms with Gasteiger partial charge in [0, 0.05) is 12.0 Å². The Bertz CT molecular complexity index is 875. The monoisotopic (exact) mass is 392 g/mol. The van der Waals surface area contributed by atoms with Gasteiger partial charge in [0.15, 0.2) is 0 Å². The molecule has 0 aliphatic rings. The van der Waals surface area contributed by atoms with Crippen molar-refractivity contribution in [1.82, 2.24) is 10.5 Å². The SMILES string of the molecule is COC(=O)[C@H](Cc1c(-c2ccc(OC)cc2)[nH]oc1=O)NC(=O)OC(C)(C)C. The van der Waals surface area contributed by atoms with Gasteiger partial charge >= 0.3 is 17.7 Å². The molecule has 0 unspecified atom stereocenters. The summed E-state index contributed by atoms with van der Waals surface area (Å²) in [5.41, 5.74) is -0.149. The molecule has 0 aliphatic carbocycles. The number of aromatic amines is 1. The number of carbonyl (C=O) groups excluding carboxylic acids is 2. The van der Waals surface area contributed by atoms with Gasteiger partial charge in [-0.3, -0.25) is 0 Å². The fourth-order valence-electron chi connectivity index (χ4n) is 2.49. The molecule has 1 amide bonds. The maximum absolute atomic E-state index is 12.2. The van der Waals surface area contributed by atoms with Gasteiger partial charge in [-0.1, -0.05) is 0 Å². The minimum atomic E-state index is -1.13. The van der Waals surface area contributed by atoms with Gasteiger partial charge in [0.1, 0.15) is 17.4 Å². The first-order valence-electron chi connectivity index (χ1n) is 8.56. The molecule has 0 saturated heterocycles. The van der Waals surface area contributed by atoms with E-state index in [0.29, 0.717) is 17.0 Å². The second kappa shape index (κ2) is 8.64. The van der Waals surface area contributed by atoms with Crippen molar-refractivity contribution in [1.29, 1.82) is 0 Å². The van der Waals surface area contributed by atoms with Gasteiger partial charge in [0.25, 0.3) is 0 Å². The van der Waals surface area contributed by atoms with Crippen LogP contribution in [0.4, 0.5) is 4.79 Å². The van der Waals surface area contributed by atoms with Crippen molar-refractivity contribution in [3.8, 4) is 17.0 Å². The first kappa shape index (κ1) is 21.1. The quantitative estimate of drug-likeness (QED) is 0.724. The van der Waals surface area contributed by atoms with Crippen molar-refractivity contribution in [3.05, 3.63) is 40.2 Å². The van der Waals surface area contributed by atoms with Gasteiger partial charge in [-0.15, -0.1) is 0 Å². The van der Waals surface area contributed by atoms with Crippen LogP contribution in [0, 0.1) is 0 Å². The van der Waals surface area contributed by atoms with Crippen LogP contribution in [-0.2, 0) is 20.7 Å². The summed E-state index contributed by atoms with van der Waals surface area (Å²) >= 11 is 0. The highest BCUT2D eigenvalue weighted by Gasteiger charge is 2.28. The van der Waals surface area contributed by atoms with E-state index < -0.39 is 29.3 Å². The Morgan fingerprint density at radius 2 is 1.82 bits per heavy atom. The molecule has 0 spiro atoms. The number of ether oxygens (including phenoxy) is 3. The largest absolute Gasteiger partial charge is 0.497 e. The van der Waals surface area contributed by atoms with Crippen molar-refractivity contribution in [2.45, 2.75) is 38.8 Å². The Morgan fingerprint density at radius 3 is 2.36 bits per heavy atom. The second-order valence-corrected chi connectivity index (χ2v) is 7.00. The zero-order valence-electron chi connectivity index (χ0n) is 16.5. The Morgan fingerprint density at radius 1 is 1.18 bits per heavy atom. The number of rotatable bonds is 6. The molecular weight excluding hydrogens is 368 g/mol. The van der Waals surface area contributed by atoms with Crippen molar-refractivity contribution in [2.75, 3.05) is 14.2 Å². The molecule has 9 nitrogen and oxygen atoms in total. The lowest BCUT2D eigenvalue weighted by Crippen LogP contribution is -2.45. The molecule has 2 N–H and O–H groups in total. The van der Waals surface area contributed by atoms with Gasteiger partial charge in [0.2, 0.25) is 0 Å². The highest BCUT2D eigenvalue weighted by atomic mass is 16.6. The molecule has 0 bridgehead atoms. The number of hydrogen-bond acceptors (Lipinski definition) is 7. The lowest BCUT2D eigenvalue weighted by molar-refractivity contribution is -0.143. The molecule has 1 atom stereocenters. The minimum absolute atomic E-state index is 0.140. The standard InChI is InChI=1S/C19H24N2O7/c1-19(2,3)27-18(24)20-14(17(23)26-5)10-13-15(21-28-16(13)22)11-6-8-12(25-4)9-7-11/h6-9,14,21H,10H2,1-5H3,(H,20,24)/t14-/m0/s1. The fourth-order valence-corrected chi connectivity index (χ4v) is 2.49. The summed E-state index contributed by atoms with van der Waals surface area (Å²) in [6.45, 7) is 5.09. The normalized spacial score (nSPS) is 12.2. The van der Waals surface area contributed by atoms with Crippen LogP contribution in [0.25, 0.3) is 11.3 Å². The van der Waals surface area contributed by atoms with E-state index in [1.165, 1.54) is 7.11 Å². The lowest BCUT2D eigenvalue weighted by atomic mass is 10.0. The third-order valence-corrected chi connectivity index (χ3v) is 3.76. The number of alkyl carbamates (subject to hydrolysis) is 1.